The summed E-state index contributed by atoms with van der Waals surface area (Å²) in [5.41, 5.74) is -0.119. The van der Waals surface area contributed by atoms with Crippen LogP contribution in [0.1, 0.15) is 77.2 Å². The lowest BCUT2D eigenvalue weighted by atomic mass is 9.92. The predicted octanol–water partition coefficient (Wildman–Crippen LogP) is 3.49. The molecule has 2 aliphatic rings. The minimum absolute atomic E-state index is 0.126. The van der Waals surface area contributed by atoms with Crippen LogP contribution in [0, 0.1) is 5.92 Å². The predicted molar refractivity (Wildman–Crippen MR) is 139 cm³/mol. The fourth-order valence-electron chi connectivity index (χ4n) is 5.09. The van der Waals surface area contributed by atoms with Gasteiger partial charge in [-0.1, -0.05) is 69.7 Å². The Bertz CT molecular complexity index is 872. The molecule has 7 nitrogen and oxygen atoms in total. The van der Waals surface area contributed by atoms with Gasteiger partial charge in [0.1, 0.15) is 11.6 Å². The van der Waals surface area contributed by atoms with Crippen molar-refractivity contribution in [3.05, 3.63) is 34.9 Å². The Labute approximate surface area is 214 Å². The molecule has 3 amide bonds. The number of nitrogens with one attached hydrogen (secondary N) is 4. The van der Waals surface area contributed by atoms with Crippen molar-refractivity contribution < 1.29 is 14.4 Å². The fourth-order valence-corrected chi connectivity index (χ4v) is 5.30. The first-order valence-corrected chi connectivity index (χ1v) is 13.6. The first kappa shape index (κ1) is 27.5. The molecule has 0 radical (unpaired) electrons. The monoisotopic (exact) mass is 504 g/mol. The largest absolute Gasteiger partial charge is 0.354 e. The Morgan fingerprint density at radius 1 is 1.00 bits per heavy atom. The normalized spacial score (nSPS) is 25.5. The second kappa shape index (κ2) is 13.3. The molecule has 3 rings (SSSR count). The van der Waals surface area contributed by atoms with Crippen molar-refractivity contribution in [2.75, 3.05) is 13.1 Å². The number of carbonyl (C=O) groups is 3. The van der Waals surface area contributed by atoms with E-state index >= 15 is 0 Å². The highest BCUT2D eigenvalue weighted by Gasteiger charge is 2.45. The molecule has 35 heavy (non-hydrogen) atoms. The van der Waals surface area contributed by atoms with Crippen molar-refractivity contribution in [2.24, 2.45) is 5.92 Å². The van der Waals surface area contributed by atoms with E-state index in [-0.39, 0.29) is 29.7 Å². The van der Waals surface area contributed by atoms with Crippen LogP contribution >= 0.6 is 11.6 Å². The molecule has 2 fully saturated rings. The molecular formula is C27H41ClN4O3. The summed E-state index contributed by atoms with van der Waals surface area (Å²) in [6.45, 7) is 5.49. The molecule has 1 saturated carbocycles. The smallest absolute Gasteiger partial charge is 0.246 e. The second-order valence-corrected chi connectivity index (χ2v) is 10.6. The van der Waals surface area contributed by atoms with E-state index in [1.807, 2.05) is 18.2 Å². The molecule has 4 N–H and O–H groups in total. The third-order valence-corrected chi connectivity index (χ3v) is 7.70. The average Bonchev–Trinajstić information content (AvgIpc) is 3.31. The standard InChI is InChI=1S/C27H41ClN4O3/c1-3-19(2)23-25(34)32-27(13-6-7-14-27)26(35)31-22(18-20-11-10-12-21(28)17-20)24(33)30-16-9-5-4-8-15-29-23/h10-12,17,19,22-23,29H,3-9,13-16,18H2,1-2H3,(H,30,33)(H,31,35)(H,32,34)/t19-,22-,23-/m0/s1. The van der Waals surface area contributed by atoms with Crippen LogP contribution in [-0.2, 0) is 20.8 Å². The van der Waals surface area contributed by atoms with E-state index in [1.165, 1.54) is 0 Å². The van der Waals surface area contributed by atoms with Crippen molar-refractivity contribution in [2.45, 2.75) is 95.7 Å². The van der Waals surface area contributed by atoms with Crippen LogP contribution in [0.5, 0.6) is 0 Å². The highest BCUT2D eigenvalue weighted by molar-refractivity contribution is 6.30. The number of amides is 3. The first-order valence-electron chi connectivity index (χ1n) is 13.2. The summed E-state index contributed by atoms with van der Waals surface area (Å²) in [7, 11) is 0. The van der Waals surface area contributed by atoms with Gasteiger partial charge in [-0.15, -0.1) is 0 Å². The number of halogens is 1. The highest BCUT2D eigenvalue weighted by atomic mass is 35.5. The Kier molecular flexibility index (Phi) is 10.4. The molecule has 0 bridgehead atoms. The van der Waals surface area contributed by atoms with E-state index in [0.29, 0.717) is 30.8 Å². The minimum Gasteiger partial charge on any atom is -0.354 e. The lowest BCUT2D eigenvalue weighted by molar-refractivity contribution is -0.137. The zero-order chi connectivity index (χ0) is 25.3. The van der Waals surface area contributed by atoms with Crippen LogP contribution in [0.4, 0.5) is 0 Å². The highest BCUT2D eigenvalue weighted by Crippen LogP contribution is 2.31. The van der Waals surface area contributed by atoms with Crippen LogP contribution in [0.25, 0.3) is 0 Å². The third kappa shape index (κ3) is 7.68. The number of rotatable bonds is 4. The maximum Gasteiger partial charge on any atom is 0.246 e. The summed E-state index contributed by atoms with van der Waals surface area (Å²) in [4.78, 5) is 40.3. The Morgan fingerprint density at radius 3 is 2.40 bits per heavy atom. The maximum atomic E-state index is 13.7. The molecule has 8 heteroatoms. The zero-order valence-electron chi connectivity index (χ0n) is 21.1. The summed E-state index contributed by atoms with van der Waals surface area (Å²) in [5, 5.41) is 13.2. The fraction of sp³-hybridized carbons (Fsp3) is 0.667. The van der Waals surface area contributed by atoms with Gasteiger partial charge >= 0.3 is 0 Å². The molecule has 1 aliphatic heterocycles. The minimum atomic E-state index is -0.992. The molecule has 0 aromatic heterocycles. The number of hydrogen-bond acceptors (Lipinski definition) is 4. The van der Waals surface area contributed by atoms with Gasteiger partial charge in [0, 0.05) is 18.0 Å². The molecule has 1 aromatic rings. The van der Waals surface area contributed by atoms with Crippen molar-refractivity contribution in [3.8, 4) is 0 Å². The van der Waals surface area contributed by atoms with Crippen LogP contribution in [0.2, 0.25) is 5.02 Å². The SMILES string of the molecule is CC[C@H](C)[C@@H]1NCCCCCCNC(=O)[C@H](Cc2cccc(Cl)c2)NC(=O)C2(CCCC2)NC1=O. The van der Waals surface area contributed by atoms with Crippen molar-refractivity contribution >= 4 is 29.3 Å². The molecule has 1 heterocycles. The van der Waals surface area contributed by atoms with Crippen molar-refractivity contribution in [3.63, 3.8) is 0 Å². The van der Waals surface area contributed by atoms with Gasteiger partial charge in [0.05, 0.1) is 6.04 Å². The summed E-state index contributed by atoms with van der Waals surface area (Å²) >= 11 is 6.16. The van der Waals surface area contributed by atoms with E-state index in [4.69, 9.17) is 11.6 Å². The average molecular weight is 505 g/mol. The number of benzene rings is 1. The summed E-state index contributed by atoms with van der Waals surface area (Å²) in [6.07, 6.45) is 7.94. The van der Waals surface area contributed by atoms with Gasteiger partial charge in [0.2, 0.25) is 17.7 Å². The molecule has 1 spiro atoms. The van der Waals surface area contributed by atoms with Gasteiger partial charge in [0.15, 0.2) is 0 Å². The first-order chi connectivity index (χ1) is 16.8. The molecule has 1 aromatic carbocycles. The molecule has 194 valence electrons. The van der Waals surface area contributed by atoms with E-state index in [0.717, 1.165) is 57.1 Å². The van der Waals surface area contributed by atoms with Gasteiger partial charge in [-0.3, -0.25) is 14.4 Å². The molecule has 0 unspecified atom stereocenters. The Hall–Kier alpha value is -2.12. The van der Waals surface area contributed by atoms with Gasteiger partial charge in [0.25, 0.3) is 0 Å². The van der Waals surface area contributed by atoms with Crippen LogP contribution < -0.4 is 21.3 Å². The zero-order valence-corrected chi connectivity index (χ0v) is 21.9. The van der Waals surface area contributed by atoms with Gasteiger partial charge in [-0.2, -0.15) is 0 Å². The van der Waals surface area contributed by atoms with Crippen LogP contribution in [0.15, 0.2) is 24.3 Å². The van der Waals surface area contributed by atoms with Gasteiger partial charge in [-0.25, -0.2) is 0 Å². The summed E-state index contributed by atoms with van der Waals surface area (Å²) < 4.78 is 0. The second-order valence-electron chi connectivity index (χ2n) is 10.2. The quantitative estimate of drug-likeness (QED) is 0.504. The van der Waals surface area contributed by atoms with Crippen molar-refractivity contribution in [1.29, 1.82) is 0 Å². The molecule has 1 saturated heterocycles. The summed E-state index contributed by atoms with van der Waals surface area (Å²) in [6, 6.07) is 6.26. The summed E-state index contributed by atoms with van der Waals surface area (Å²) in [5.74, 6) is -0.458. The van der Waals surface area contributed by atoms with Crippen LogP contribution in [0.3, 0.4) is 0 Å². The number of carbonyl (C=O) groups excluding carboxylic acids is 3. The van der Waals surface area contributed by atoms with Gasteiger partial charge < -0.3 is 21.3 Å². The maximum absolute atomic E-state index is 13.7. The van der Waals surface area contributed by atoms with Crippen LogP contribution in [-0.4, -0.2) is 48.4 Å². The van der Waals surface area contributed by atoms with E-state index < -0.39 is 11.6 Å². The molecule has 3 atom stereocenters. The van der Waals surface area contributed by atoms with Crippen molar-refractivity contribution in [1.82, 2.24) is 21.3 Å². The number of hydrogen-bond donors (Lipinski definition) is 4. The van der Waals surface area contributed by atoms with E-state index in [1.54, 1.807) is 6.07 Å². The van der Waals surface area contributed by atoms with E-state index in [9.17, 15) is 14.4 Å². The van der Waals surface area contributed by atoms with E-state index in [2.05, 4.69) is 35.1 Å². The Morgan fingerprint density at radius 2 is 1.71 bits per heavy atom. The third-order valence-electron chi connectivity index (χ3n) is 7.47. The van der Waals surface area contributed by atoms with Gasteiger partial charge in [-0.05, 0) is 55.8 Å². The lowest BCUT2D eigenvalue weighted by Crippen LogP contribution is -2.64. The molecular weight excluding hydrogens is 464 g/mol. The topological polar surface area (TPSA) is 99.3 Å². The Balaban J connectivity index is 1.85. The lowest BCUT2D eigenvalue weighted by Gasteiger charge is -2.34. The molecule has 1 aliphatic carbocycles.